The van der Waals surface area contributed by atoms with Crippen molar-refractivity contribution >= 4 is 32.8 Å². The molecule has 0 aliphatic carbocycles. The van der Waals surface area contributed by atoms with Crippen LogP contribution < -0.4 is 0 Å². The average Bonchev–Trinajstić information content (AvgIpc) is 1.96. The molecule has 0 aromatic heterocycles. The van der Waals surface area contributed by atoms with E-state index in [0.717, 1.165) is 0 Å². The zero-order valence-electron chi connectivity index (χ0n) is 7.41. The van der Waals surface area contributed by atoms with Crippen molar-refractivity contribution in [3.05, 3.63) is 0 Å². The highest BCUT2D eigenvalue weighted by atomic mass is 127. The summed E-state index contributed by atoms with van der Waals surface area (Å²) in [5.74, 6) is 0. The molecule has 0 heterocycles. The lowest BCUT2D eigenvalue weighted by Crippen LogP contribution is -2.53. The third-order valence-corrected chi connectivity index (χ3v) is 2.91. The van der Waals surface area contributed by atoms with Gasteiger partial charge in [0.05, 0.1) is 0 Å². The molecule has 0 amide bonds. The van der Waals surface area contributed by atoms with Gasteiger partial charge in [-0.2, -0.15) is 43.5 Å². The molecule has 18 heavy (non-hydrogen) atoms. The maximum absolute atomic E-state index is 12.5. The van der Waals surface area contributed by atoms with E-state index in [9.17, 15) is 47.4 Å². The van der Waals surface area contributed by atoms with Crippen LogP contribution in [-0.4, -0.2) is 29.8 Å². The molecule has 0 fully saturated rings. The molecule has 0 N–H and O–H groups in total. The standard InChI is InChI=1S/C4F9IO3S/c5-1(6,7)4(12,14)17-2(8,9)3(10,11)18(13,15)16. The van der Waals surface area contributed by atoms with E-state index in [0.29, 0.717) is 0 Å². The van der Waals surface area contributed by atoms with Gasteiger partial charge in [0.2, 0.25) is 0 Å². The van der Waals surface area contributed by atoms with Gasteiger partial charge in [0.25, 0.3) is 0 Å². The summed E-state index contributed by atoms with van der Waals surface area (Å²) in [6.45, 7) is 0. The summed E-state index contributed by atoms with van der Waals surface area (Å²) >= 11 is -0.469. The SMILES string of the molecule is O=S(=O)(F)C(F)(F)C(F)(F)OC(F)(I)C(F)(F)F. The minimum absolute atomic E-state index is 0.469. The highest BCUT2D eigenvalue weighted by molar-refractivity contribution is 14.1. The number of alkyl halides is 9. The van der Waals surface area contributed by atoms with Gasteiger partial charge in [-0.25, -0.2) is 0 Å². The van der Waals surface area contributed by atoms with Gasteiger partial charge < -0.3 is 0 Å². The lowest BCUT2D eigenvalue weighted by Gasteiger charge is -2.29. The van der Waals surface area contributed by atoms with E-state index in [2.05, 4.69) is 4.74 Å². The van der Waals surface area contributed by atoms with Crippen LogP contribution in [0.4, 0.5) is 39.0 Å². The molecule has 0 saturated heterocycles. The maximum Gasteiger partial charge on any atom is 0.464 e. The fraction of sp³-hybridized carbons (Fsp3) is 1.00. The van der Waals surface area contributed by atoms with Crippen molar-refractivity contribution in [1.82, 2.24) is 0 Å². The Bertz CT molecular complexity index is 412. The number of ether oxygens (including phenoxy) is 1. The van der Waals surface area contributed by atoms with Gasteiger partial charge in [0.1, 0.15) is 0 Å². The van der Waals surface area contributed by atoms with E-state index in [4.69, 9.17) is 0 Å². The first-order valence-corrected chi connectivity index (χ1v) is 5.76. The molecular formula is C4F9IO3S. The van der Waals surface area contributed by atoms with Crippen LogP contribution >= 0.6 is 22.6 Å². The molecule has 0 radical (unpaired) electrons. The monoisotopic (exact) mass is 426 g/mol. The van der Waals surface area contributed by atoms with E-state index < -0.39 is 54.2 Å². The molecule has 110 valence electrons. The molecule has 0 aliphatic rings. The van der Waals surface area contributed by atoms with Crippen molar-refractivity contribution in [1.29, 1.82) is 0 Å². The Morgan fingerprint density at radius 1 is 0.889 bits per heavy atom. The normalized spacial score (nSPS) is 18.6. The minimum Gasteiger partial charge on any atom is -0.261 e. The predicted octanol–water partition coefficient (Wildman–Crippen LogP) is 3.11. The molecule has 3 nitrogen and oxygen atoms in total. The van der Waals surface area contributed by atoms with Crippen LogP contribution in [0, 0.1) is 0 Å². The molecule has 0 aromatic rings. The molecule has 0 spiro atoms. The van der Waals surface area contributed by atoms with Crippen LogP contribution in [-0.2, 0) is 15.0 Å². The Morgan fingerprint density at radius 2 is 1.22 bits per heavy atom. The van der Waals surface area contributed by atoms with E-state index in [-0.39, 0.29) is 0 Å². The van der Waals surface area contributed by atoms with Crippen LogP contribution in [0.25, 0.3) is 0 Å². The Hall–Kier alpha value is 0.01000. The predicted molar refractivity (Wildman–Crippen MR) is 44.9 cm³/mol. The van der Waals surface area contributed by atoms with Crippen molar-refractivity contribution in [3.8, 4) is 0 Å². The van der Waals surface area contributed by atoms with E-state index in [1.165, 1.54) is 0 Å². The molecular weight excluding hydrogens is 426 g/mol. The van der Waals surface area contributed by atoms with Crippen LogP contribution in [0.1, 0.15) is 0 Å². The zero-order valence-corrected chi connectivity index (χ0v) is 10.4. The van der Waals surface area contributed by atoms with Crippen LogP contribution in [0.2, 0.25) is 0 Å². The molecule has 1 atom stereocenters. The van der Waals surface area contributed by atoms with Crippen LogP contribution in [0.3, 0.4) is 0 Å². The van der Waals surface area contributed by atoms with Gasteiger partial charge in [0.15, 0.2) is 0 Å². The summed E-state index contributed by atoms with van der Waals surface area (Å²) in [5.41, 5.74) is 0. The number of rotatable bonds is 4. The quantitative estimate of drug-likeness (QED) is 0.301. The Labute approximate surface area is 107 Å². The van der Waals surface area contributed by atoms with Gasteiger partial charge in [-0.15, -0.1) is 0 Å². The Balaban J connectivity index is 5.47. The van der Waals surface area contributed by atoms with Gasteiger partial charge >= 0.3 is 31.6 Å². The number of hydrogen-bond donors (Lipinski definition) is 0. The lowest BCUT2D eigenvalue weighted by molar-refractivity contribution is -0.401. The highest BCUT2D eigenvalue weighted by Gasteiger charge is 2.73. The second kappa shape index (κ2) is 4.53. The molecule has 1 unspecified atom stereocenters. The minimum atomic E-state index is -7.32. The van der Waals surface area contributed by atoms with Gasteiger partial charge in [-0.1, -0.05) is 3.89 Å². The summed E-state index contributed by atoms with van der Waals surface area (Å²) in [6, 6.07) is 0. The molecule has 0 rings (SSSR count). The molecule has 14 heteroatoms. The summed E-state index contributed by atoms with van der Waals surface area (Å²) in [7, 11) is -7.32. The van der Waals surface area contributed by atoms with Gasteiger partial charge in [-0.3, -0.25) is 4.74 Å². The van der Waals surface area contributed by atoms with E-state index >= 15 is 0 Å². The third kappa shape index (κ3) is 3.31. The number of hydrogen-bond acceptors (Lipinski definition) is 3. The molecule has 0 aliphatic heterocycles. The maximum atomic E-state index is 12.5. The fourth-order valence-electron chi connectivity index (χ4n) is 0.420. The van der Waals surface area contributed by atoms with Crippen molar-refractivity contribution < 1.29 is 52.2 Å². The summed E-state index contributed by atoms with van der Waals surface area (Å²) in [6.07, 6.45) is -12.8. The number of halogens is 10. The first-order chi connectivity index (χ1) is 7.46. The second-order valence-corrected chi connectivity index (χ2v) is 5.36. The molecule has 0 saturated carbocycles. The third-order valence-electron chi connectivity index (χ3n) is 1.23. The summed E-state index contributed by atoms with van der Waals surface area (Å²) in [5, 5.41) is -6.69. The van der Waals surface area contributed by atoms with Crippen LogP contribution in [0.15, 0.2) is 0 Å². The molecule has 0 aromatic carbocycles. The van der Waals surface area contributed by atoms with Gasteiger partial charge in [-0.05, 0) is 0 Å². The van der Waals surface area contributed by atoms with E-state index in [1.807, 2.05) is 0 Å². The Kier molecular flexibility index (Phi) is 4.54. The summed E-state index contributed by atoms with van der Waals surface area (Å²) < 4.78 is 125. The first kappa shape index (κ1) is 18.0. The topological polar surface area (TPSA) is 43.4 Å². The largest absolute Gasteiger partial charge is 0.464 e. The van der Waals surface area contributed by atoms with Crippen molar-refractivity contribution in [2.24, 2.45) is 0 Å². The van der Waals surface area contributed by atoms with Crippen molar-refractivity contribution in [2.75, 3.05) is 0 Å². The zero-order chi connectivity index (χ0) is 15.2. The second-order valence-electron chi connectivity index (χ2n) is 2.59. The van der Waals surface area contributed by atoms with Crippen LogP contribution in [0.5, 0.6) is 0 Å². The Morgan fingerprint density at radius 3 is 1.44 bits per heavy atom. The highest BCUT2D eigenvalue weighted by Crippen LogP contribution is 2.49. The van der Waals surface area contributed by atoms with Crippen molar-refractivity contribution in [2.45, 2.75) is 21.4 Å². The smallest absolute Gasteiger partial charge is 0.261 e. The first-order valence-electron chi connectivity index (χ1n) is 3.30. The van der Waals surface area contributed by atoms with Crippen molar-refractivity contribution in [3.63, 3.8) is 0 Å². The van der Waals surface area contributed by atoms with E-state index in [1.54, 1.807) is 0 Å². The average molecular weight is 426 g/mol. The molecule has 0 bridgehead atoms. The lowest BCUT2D eigenvalue weighted by atomic mass is 10.6. The van der Waals surface area contributed by atoms with Gasteiger partial charge in [0, 0.05) is 22.6 Å². The fourth-order valence-corrected chi connectivity index (χ4v) is 1.02. The summed E-state index contributed by atoms with van der Waals surface area (Å²) in [4.78, 5) is 0.